The molecule has 1 unspecified atom stereocenters. The third-order valence-corrected chi connectivity index (χ3v) is 10.9. The molecule has 0 aromatic heterocycles. The Morgan fingerprint density at radius 1 is 0.812 bits per heavy atom. The molecule has 0 spiro atoms. The first-order valence-electron chi connectivity index (χ1n) is 15.1. The van der Waals surface area contributed by atoms with Gasteiger partial charge in [0, 0.05) is 45.6 Å². The zero-order valence-electron chi connectivity index (χ0n) is 26.9. The molecule has 0 bridgehead atoms. The van der Waals surface area contributed by atoms with Gasteiger partial charge in [0.05, 0.1) is 11.1 Å². The van der Waals surface area contributed by atoms with E-state index in [0.29, 0.717) is 55.6 Å². The van der Waals surface area contributed by atoms with Crippen molar-refractivity contribution in [2.24, 2.45) is 4.99 Å². The Labute approximate surface area is 279 Å². The maximum Gasteiger partial charge on any atom is 0.295 e. The first-order valence-corrected chi connectivity index (χ1v) is 18.0. The van der Waals surface area contributed by atoms with E-state index in [1.54, 1.807) is 56.3 Å². The third-order valence-electron chi connectivity index (χ3n) is 8.60. The molecule has 3 N–H and O–H groups in total. The highest BCUT2D eigenvalue weighted by atomic mass is 32.2. The number of hydrogen-bond acceptors (Lipinski definition) is 7. The summed E-state index contributed by atoms with van der Waals surface area (Å²) in [4.78, 5) is 4.61. The monoisotopic (exact) mass is 682 g/mol. The molecule has 0 fully saturated rings. The summed E-state index contributed by atoms with van der Waals surface area (Å²) in [7, 11) is -9.02. The van der Waals surface area contributed by atoms with E-state index >= 15 is 0 Å². The van der Waals surface area contributed by atoms with E-state index in [4.69, 9.17) is 9.41 Å². The Balaban J connectivity index is 1.60. The molecule has 2 aliphatic carbocycles. The van der Waals surface area contributed by atoms with E-state index in [1.807, 2.05) is 50.2 Å². The first kappa shape index (κ1) is 33.1. The fraction of sp³-hybridized carbons (Fsp3) is 0.162. The van der Waals surface area contributed by atoms with Gasteiger partial charge < -0.3 is 9.73 Å². The Morgan fingerprint density at radius 2 is 1.52 bits per heavy atom. The zero-order valence-corrected chi connectivity index (χ0v) is 28.6. The second-order valence-electron chi connectivity index (χ2n) is 12.2. The lowest BCUT2D eigenvalue weighted by Crippen LogP contribution is -2.30. The minimum absolute atomic E-state index is 0.237. The maximum absolute atomic E-state index is 12.5. The van der Waals surface area contributed by atoms with Crippen LogP contribution in [0, 0.1) is 13.8 Å². The number of aryl methyl sites for hydroxylation is 2. The second-order valence-corrected chi connectivity index (χ2v) is 15.4. The van der Waals surface area contributed by atoms with Gasteiger partial charge in [-0.25, -0.2) is 4.99 Å². The zero-order chi connectivity index (χ0) is 34.6. The van der Waals surface area contributed by atoms with Crippen molar-refractivity contribution in [2.75, 3.05) is 5.32 Å². The number of hydrogen-bond donors (Lipinski definition) is 3. The molecule has 0 radical (unpaired) electrons. The smallest absolute Gasteiger partial charge is 0.295 e. The van der Waals surface area contributed by atoms with E-state index in [1.165, 1.54) is 25.1 Å². The average molecular weight is 683 g/mol. The topological polar surface area (TPSA) is 146 Å². The lowest BCUT2D eigenvalue weighted by atomic mass is 9.93. The highest BCUT2D eigenvalue weighted by Gasteiger charge is 2.35. The van der Waals surface area contributed by atoms with Gasteiger partial charge in [0.2, 0.25) is 0 Å². The predicted molar refractivity (Wildman–Crippen MR) is 188 cm³/mol. The van der Waals surface area contributed by atoms with Crippen molar-refractivity contribution in [2.45, 2.75) is 44.3 Å². The lowest BCUT2D eigenvalue weighted by molar-refractivity contribution is 0.466. The first-order chi connectivity index (χ1) is 22.6. The molecule has 3 aliphatic rings. The molecule has 11 heteroatoms. The number of fused-ring (bicyclic) bond motifs is 2. The highest BCUT2D eigenvalue weighted by Crippen LogP contribution is 2.43. The van der Waals surface area contributed by atoms with Gasteiger partial charge in [-0.2, -0.15) is 16.8 Å². The Morgan fingerprint density at radius 3 is 2.21 bits per heavy atom. The normalized spacial score (nSPS) is 17.6. The molecule has 0 saturated heterocycles. The standard InChI is InChI=1S/C37H34N2O7S2/c1-22-9-8-10-23(2)35(22)38-26-13-15-28-31(19-26)46-32-20-27(39-36-24(3)17-18-37(5,21-25(36)4)48(43,44)45)14-16-29(32)34(28)30-11-6-7-12-33(30)47(40,41)42/h6-21,38H,1-5H3,(H,40,41,42)(H,43,44,45). The molecule has 1 aliphatic heterocycles. The predicted octanol–water partition coefficient (Wildman–Crippen LogP) is 8.15. The number of allylic oxidation sites excluding steroid dienone is 3. The van der Waals surface area contributed by atoms with Crippen LogP contribution in [0.5, 0.6) is 0 Å². The molecule has 48 heavy (non-hydrogen) atoms. The van der Waals surface area contributed by atoms with Gasteiger partial charge in [0.25, 0.3) is 20.2 Å². The summed E-state index contributed by atoms with van der Waals surface area (Å²) >= 11 is 0. The number of nitrogens with one attached hydrogen (secondary N) is 1. The number of rotatable bonds is 6. The van der Waals surface area contributed by atoms with Crippen molar-refractivity contribution in [3.05, 3.63) is 130 Å². The van der Waals surface area contributed by atoms with Gasteiger partial charge in [-0.3, -0.25) is 9.11 Å². The largest absolute Gasteiger partial charge is 0.456 e. The van der Waals surface area contributed by atoms with Crippen LogP contribution in [0.4, 0.5) is 11.4 Å². The van der Waals surface area contributed by atoms with Crippen LogP contribution in [-0.2, 0) is 20.2 Å². The van der Waals surface area contributed by atoms with Crippen LogP contribution in [0.15, 0.2) is 128 Å². The highest BCUT2D eigenvalue weighted by molar-refractivity contribution is 7.87. The van der Waals surface area contributed by atoms with Crippen molar-refractivity contribution in [3.63, 3.8) is 0 Å². The fourth-order valence-electron chi connectivity index (χ4n) is 6.06. The van der Waals surface area contributed by atoms with Gasteiger partial charge in [0.15, 0.2) is 0 Å². The lowest BCUT2D eigenvalue weighted by Gasteiger charge is -2.18. The molecule has 3 aromatic carbocycles. The quantitative estimate of drug-likeness (QED) is 0.120. The van der Waals surface area contributed by atoms with Gasteiger partial charge in [-0.1, -0.05) is 54.6 Å². The Kier molecular flexibility index (Phi) is 8.29. The molecule has 1 atom stereocenters. The minimum atomic E-state index is -4.58. The van der Waals surface area contributed by atoms with Crippen LogP contribution < -0.4 is 10.7 Å². The van der Waals surface area contributed by atoms with Crippen molar-refractivity contribution < 1.29 is 30.4 Å². The molecule has 0 amide bonds. The summed E-state index contributed by atoms with van der Waals surface area (Å²) in [5.41, 5.74) is 7.54. The molecule has 6 rings (SSSR count). The SMILES string of the molecule is CC1=CC(C)(S(=O)(=O)O)C=CC(C)=C1N=c1ccc2c(-c3ccccc3S(=O)(=O)O)c3ccc(Nc4c(C)cccc4C)cc3oc-2c1. The summed E-state index contributed by atoms with van der Waals surface area (Å²) in [6.45, 7) is 8.98. The van der Waals surface area contributed by atoms with Crippen molar-refractivity contribution in [1.82, 2.24) is 0 Å². The minimum Gasteiger partial charge on any atom is -0.456 e. The van der Waals surface area contributed by atoms with Gasteiger partial charge >= 0.3 is 0 Å². The average Bonchev–Trinajstić information content (AvgIpc) is 3.12. The summed E-state index contributed by atoms with van der Waals surface area (Å²) in [6, 6.07) is 23.1. The number of para-hydroxylation sites is 1. The van der Waals surface area contributed by atoms with Crippen LogP contribution in [-0.4, -0.2) is 30.7 Å². The Bertz CT molecular complexity index is 2470. The summed E-state index contributed by atoms with van der Waals surface area (Å²) in [5, 5.41) is 4.61. The van der Waals surface area contributed by atoms with E-state index in [9.17, 15) is 25.9 Å². The third kappa shape index (κ3) is 6.13. The summed E-state index contributed by atoms with van der Waals surface area (Å²) < 4.78 is 74.3. The van der Waals surface area contributed by atoms with Crippen LogP contribution in [0.2, 0.25) is 0 Å². The Hall–Kier alpha value is -4.81. The summed E-state index contributed by atoms with van der Waals surface area (Å²) in [6.07, 6.45) is 4.50. The van der Waals surface area contributed by atoms with Crippen LogP contribution in [0.1, 0.15) is 31.9 Å². The van der Waals surface area contributed by atoms with Gasteiger partial charge in [-0.15, -0.1) is 0 Å². The van der Waals surface area contributed by atoms with Crippen molar-refractivity contribution in [1.29, 1.82) is 0 Å². The molecular weight excluding hydrogens is 649 g/mol. The maximum atomic E-state index is 12.5. The molecule has 246 valence electrons. The number of nitrogens with zero attached hydrogens (tertiary/aromatic N) is 1. The van der Waals surface area contributed by atoms with Crippen molar-refractivity contribution in [3.8, 4) is 22.5 Å². The van der Waals surface area contributed by atoms with E-state index in [-0.39, 0.29) is 4.90 Å². The second kappa shape index (κ2) is 12.0. The van der Waals surface area contributed by atoms with Gasteiger partial charge in [0.1, 0.15) is 21.0 Å². The van der Waals surface area contributed by atoms with E-state index in [2.05, 4.69) is 5.32 Å². The molecule has 0 saturated carbocycles. The molecular formula is C37H34N2O7S2. The van der Waals surface area contributed by atoms with E-state index in [0.717, 1.165) is 22.5 Å². The van der Waals surface area contributed by atoms with E-state index < -0.39 is 25.0 Å². The van der Waals surface area contributed by atoms with Gasteiger partial charge in [-0.05, 0) is 87.2 Å². The summed E-state index contributed by atoms with van der Waals surface area (Å²) in [5.74, 6) is 0.403. The van der Waals surface area contributed by atoms with Crippen LogP contribution in [0.25, 0.3) is 33.4 Å². The number of benzene rings is 4. The molecule has 9 nitrogen and oxygen atoms in total. The number of anilines is 2. The fourth-order valence-corrected chi connectivity index (χ4v) is 7.33. The molecule has 3 aromatic rings. The van der Waals surface area contributed by atoms with Crippen LogP contribution in [0.3, 0.4) is 0 Å². The molecule has 1 heterocycles. The van der Waals surface area contributed by atoms with Crippen molar-refractivity contribution >= 4 is 42.6 Å². The van der Waals surface area contributed by atoms with Crippen LogP contribution >= 0.6 is 0 Å².